The van der Waals surface area contributed by atoms with Crippen LogP contribution in [-0.2, 0) is 9.53 Å². The molecule has 0 fully saturated rings. The lowest BCUT2D eigenvalue weighted by molar-refractivity contribution is -0.152. The Labute approximate surface area is 86.5 Å². The predicted molar refractivity (Wildman–Crippen MR) is 55.9 cm³/mol. The van der Waals surface area contributed by atoms with Crippen molar-refractivity contribution in [3.05, 3.63) is 0 Å². The molecule has 0 saturated carbocycles. The van der Waals surface area contributed by atoms with E-state index in [1.165, 1.54) is 0 Å². The maximum Gasteiger partial charge on any atom is 0.308 e. The summed E-state index contributed by atoms with van der Waals surface area (Å²) in [7, 11) is 0. The van der Waals surface area contributed by atoms with Gasteiger partial charge in [-0.2, -0.15) is 0 Å². The quantitative estimate of drug-likeness (QED) is 0.671. The molecule has 0 amide bonds. The van der Waals surface area contributed by atoms with Crippen LogP contribution in [0.1, 0.15) is 47.0 Å². The molecular formula is C11H22O3. The van der Waals surface area contributed by atoms with Crippen molar-refractivity contribution in [3.8, 4) is 0 Å². The Morgan fingerprint density at radius 1 is 1.29 bits per heavy atom. The minimum absolute atomic E-state index is 0.0587. The summed E-state index contributed by atoms with van der Waals surface area (Å²) in [5.41, 5.74) is 0. The van der Waals surface area contributed by atoms with Crippen LogP contribution in [0.2, 0.25) is 0 Å². The minimum atomic E-state index is -0.563. The van der Waals surface area contributed by atoms with Gasteiger partial charge in [-0.05, 0) is 19.3 Å². The molecule has 84 valence electrons. The molecular weight excluding hydrogens is 180 g/mol. The van der Waals surface area contributed by atoms with Gasteiger partial charge in [0.1, 0.15) is 6.10 Å². The number of carbonyl (C=O) groups excluding carboxylic acids is 1. The smallest absolute Gasteiger partial charge is 0.308 e. The average molecular weight is 202 g/mol. The summed E-state index contributed by atoms with van der Waals surface area (Å²) in [5.74, 6) is 0.0740. The first-order valence-electron chi connectivity index (χ1n) is 5.38. The highest BCUT2D eigenvalue weighted by molar-refractivity contribution is 5.70. The zero-order valence-electron chi connectivity index (χ0n) is 9.62. The molecule has 0 aliphatic carbocycles. The minimum Gasteiger partial charge on any atom is -0.462 e. The van der Waals surface area contributed by atoms with Crippen molar-refractivity contribution in [1.82, 2.24) is 0 Å². The van der Waals surface area contributed by atoms with Gasteiger partial charge in [0, 0.05) is 0 Å². The third kappa shape index (κ3) is 5.22. The molecule has 0 saturated heterocycles. The molecule has 0 radical (unpaired) electrons. The maximum atomic E-state index is 11.3. The highest BCUT2D eigenvalue weighted by atomic mass is 16.5. The van der Waals surface area contributed by atoms with Gasteiger partial charge >= 0.3 is 5.97 Å². The summed E-state index contributed by atoms with van der Waals surface area (Å²) in [5, 5.41) is 9.24. The first-order chi connectivity index (χ1) is 6.51. The van der Waals surface area contributed by atoms with Crippen LogP contribution >= 0.6 is 0 Å². The summed E-state index contributed by atoms with van der Waals surface area (Å²) >= 11 is 0. The van der Waals surface area contributed by atoms with E-state index in [0.717, 1.165) is 6.42 Å². The van der Waals surface area contributed by atoms with Crippen molar-refractivity contribution < 1.29 is 14.6 Å². The van der Waals surface area contributed by atoms with Crippen molar-refractivity contribution in [2.75, 3.05) is 0 Å². The molecule has 0 aromatic carbocycles. The van der Waals surface area contributed by atoms with E-state index in [0.29, 0.717) is 12.3 Å². The van der Waals surface area contributed by atoms with Crippen molar-refractivity contribution in [1.29, 1.82) is 0 Å². The Balaban J connectivity index is 3.82. The highest BCUT2D eigenvalue weighted by Gasteiger charge is 2.17. The number of hydrogen-bond acceptors (Lipinski definition) is 3. The van der Waals surface area contributed by atoms with Gasteiger partial charge in [0.25, 0.3) is 0 Å². The Morgan fingerprint density at radius 3 is 2.29 bits per heavy atom. The molecule has 0 aromatic rings. The number of rotatable bonds is 6. The van der Waals surface area contributed by atoms with Crippen LogP contribution in [0.15, 0.2) is 0 Å². The lowest BCUT2D eigenvalue weighted by atomic mass is 10.0. The second-order valence-corrected chi connectivity index (χ2v) is 3.85. The van der Waals surface area contributed by atoms with E-state index in [9.17, 15) is 9.90 Å². The van der Waals surface area contributed by atoms with E-state index >= 15 is 0 Å². The fraction of sp³-hybridized carbons (Fsp3) is 0.909. The van der Waals surface area contributed by atoms with E-state index < -0.39 is 6.10 Å². The van der Waals surface area contributed by atoms with E-state index in [4.69, 9.17) is 4.74 Å². The van der Waals surface area contributed by atoms with Crippen LogP contribution in [0, 0.1) is 5.92 Å². The fourth-order valence-electron chi connectivity index (χ4n) is 1.04. The molecule has 1 N–H and O–H groups in total. The second-order valence-electron chi connectivity index (χ2n) is 3.85. The predicted octanol–water partition coefficient (Wildman–Crippen LogP) is 2.13. The van der Waals surface area contributed by atoms with Gasteiger partial charge in [-0.25, -0.2) is 0 Å². The van der Waals surface area contributed by atoms with Crippen molar-refractivity contribution in [2.45, 2.75) is 59.2 Å². The molecule has 3 heteroatoms. The molecule has 3 nitrogen and oxygen atoms in total. The van der Waals surface area contributed by atoms with Gasteiger partial charge in [0.2, 0.25) is 0 Å². The van der Waals surface area contributed by atoms with Gasteiger partial charge in [-0.1, -0.05) is 27.2 Å². The van der Waals surface area contributed by atoms with Crippen LogP contribution in [0.5, 0.6) is 0 Å². The van der Waals surface area contributed by atoms with E-state index in [1.807, 2.05) is 20.8 Å². The van der Waals surface area contributed by atoms with E-state index in [1.54, 1.807) is 0 Å². The third-order valence-corrected chi connectivity index (χ3v) is 2.64. The summed E-state index contributed by atoms with van der Waals surface area (Å²) in [6.45, 7) is 7.85. The largest absolute Gasteiger partial charge is 0.462 e. The standard InChI is InChI=1S/C11H22O3/c1-5-8(3)9(4)14-11(13)7-10(12)6-2/h8-10,12H,5-7H2,1-4H3. The van der Waals surface area contributed by atoms with Gasteiger partial charge < -0.3 is 9.84 Å². The third-order valence-electron chi connectivity index (χ3n) is 2.64. The molecule has 0 bridgehead atoms. The summed E-state index contributed by atoms with van der Waals surface area (Å²) in [6, 6.07) is 0. The van der Waals surface area contributed by atoms with Crippen LogP contribution < -0.4 is 0 Å². The molecule has 3 unspecified atom stereocenters. The molecule has 0 heterocycles. The van der Waals surface area contributed by atoms with Gasteiger partial charge in [0.15, 0.2) is 0 Å². The summed E-state index contributed by atoms with van der Waals surface area (Å²) < 4.78 is 5.18. The SMILES string of the molecule is CCC(O)CC(=O)OC(C)C(C)CC. The topological polar surface area (TPSA) is 46.5 Å². The Kier molecular flexibility index (Phi) is 6.54. The molecule has 0 aliphatic rings. The van der Waals surface area contributed by atoms with Crippen LogP contribution in [-0.4, -0.2) is 23.3 Å². The molecule has 0 rings (SSSR count). The Hall–Kier alpha value is -0.570. The number of ether oxygens (including phenoxy) is 1. The lowest BCUT2D eigenvalue weighted by Gasteiger charge is -2.19. The van der Waals surface area contributed by atoms with Crippen LogP contribution in [0.4, 0.5) is 0 Å². The van der Waals surface area contributed by atoms with E-state index in [2.05, 4.69) is 6.92 Å². The number of hydrogen-bond donors (Lipinski definition) is 1. The molecule has 3 atom stereocenters. The van der Waals surface area contributed by atoms with Crippen molar-refractivity contribution in [3.63, 3.8) is 0 Å². The van der Waals surface area contributed by atoms with Gasteiger partial charge in [-0.3, -0.25) is 4.79 Å². The van der Waals surface area contributed by atoms with Gasteiger partial charge in [-0.15, -0.1) is 0 Å². The highest BCUT2D eigenvalue weighted by Crippen LogP contribution is 2.12. The number of esters is 1. The molecule has 0 spiro atoms. The average Bonchev–Trinajstić information content (AvgIpc) is 2.15. The van der Waals surface area contributed by atoms with Crippen molar-refractivity contribution >= 4 is 5.97 Å². The summed E-state index contributed by atoms with van der Waals surface area (Å²) in [4.78, 5) is 11.3. The maximum absolute atomic E-state index is 11.3. The van der Waals surface area contributed by atoms with Crippen molar-refractivity contribution in [2.24, 2.45) is 5.92 Å². The first kappa shape index (κ1) is 13.4. The van der Waals surface area contributed by atoms with Crippen LogP contribution in [0.25, 0.3) is 0 Å². The number of carbonyl (C=O) groups is 1. The molecule has 0 aromatic heterocycles. The number of aliphatic hydroxyl groups excluding tert-OH is 1. The first-order valence-corrected chi connectivity index (χ1v) is 5.38. The molecule has 14 heavy (non-hydrogen) atoms. The second kappa shape index (κ2) is 6.82. The zero-order valence-corrected chi connectivity index (χ0v) is 9.62. The Bertz CT molecular complexity index is 168. The van der Waals surface area contributed by atoms with Crippen LogP contribution in [0.3, 0.4) is 0 Å². The fourth-order valence-corrected chi connectivity index (χ4v) is 1.04. The van der Waals surface area contributed by atoms with Gasteiger partial charge in [0.05, 0.1) is 12.5 Å². The van der Waals surface area contributed by atoms with E-state index in [-0.39, 0.29) is 18.5 Å². The Morgan fingerprint density at radius 2 is 1.86 bits per heavy atom. The number of aliphatic hydroxyl groups is 1. The molecule has 0 aliphatic heterocycles. The normalized spacial score (nSPS) is 17.2. The zero-order chi connectivity index (χ0) is 11.1. The summed E-state index contributed by atoms with van der Waals surface area (Å²) in [6.07, 6.45) is 1.07. The monoisotopic (exact) mass is 202 g/mol. The lowest BCUT2D eigenvalue weighted by Crippen LogP contribution is -2.24.